The first-order valence-corrected chi connectivity index (χ1v) is 9.02. The van der Waals surface area contributed by atoms with Crippen molar-refractivity contribution in [2.45, 2.75) is 53.4 Å². The minimum atomic E-state index is -3.35. The molecule has 1 N–H and O–H groups in total. The van der Waals surface area contributed by atoms with E-state index in [0.717, 1.165) is 19.3 Å². The maximum atomic E-state index is 11.0. The van der Waals surface area contributed by atoms with Gasteiger partial charge in [-0.25, -0.2) is 8.42 Å². The average Bonchev–Trinajstić information content (AvgIpc) is 2.39. The van der Waals surface area contributed by atoms with E-state index >= 15 is 0 Å². The predicted molar refractivity (Wildman–Crippen MR) is 87.7 cm³/mol. The largest absolute Gasteiger partial charge is 0.274 e. The molecule has 1 amide bonds. The second-order valence-corrected chi connectivity index (χ2v) is 6.87. The van der Waals surface area contributed by atoms with Crippen LogP contribution in [0.2, 0.25) is 0 Å². The molecule has 0 aliphatic rings. The lowest BCUT2D eigenvalue weighted by atomic mass is 10.1. The normalized spacial score (nSPS) is 10.5. The third kappa shape index (κ3) is 11.0. The van der Waals surface area contributed by atoms with Crippen molar-refractivity contribution in [2.75, 3.05) is 5.75 Å². The van der Waals surface area contributed by atoms with Gasteiger partial charge in [0.05, 0.1) is 5.75 Å². The highest BCUT2D eigenvalue weighted by molar-refractivity contribution is 7.90. The van der Waals surface area contributed by atoms with Crippen molar-refractivity contribution >= 4 is 15.9 Å². The zero-order valence-corrected chi connectivity index (χ0v) is 14.3. The summed E-state index contributed by atoms with van der Waals surface area (Å²) in [6.45, 7) is 7.46. The molecule has 0 aliphatic heterocycles. The lowest BCUT2D eigenvalue weighted by molar-refractivity contribution is -0.117. The first-order chi connectivity index (χ1) is 9.80. The Kier molecular flexibility index (Phi) is 9.71. The average molecular weight is 313 g/mol. The van der Waals surface area contributed by atoms with Crippen molar-refractivity contribution in [3.63, 3.8) is 0 Å². The van der Waals surface area contributed by atoms with Crippen LogP contribution in [0.5, 0.6) is 0 Å². The Morgan fingerprint density at radius 1 is 1.10 bits per heavy atom. The van der Waals surface area contributed by atoms with Crippen LogP contribution in [0.15, 0.2) is 24.3 Å². The number of hydrogen-bond acceptors (Lipinski definition) is 3. The maximum absolute atomic E-state index is 11.0. The van der Waals surface area contributed by atoms with Crippen LogP contribution in [0.3, 0.4) is 0 Å². The molecule has 4 nitrogen and oxygen atoms in total. The summed E-state index contributed by atoms with van der Waals surface area (Å²) in [5.74, 6) is -0.480. The van der Waals surface area contributed by atoms with Crippen LogP contribution >= 0.6 is 0 Å². The van der Waals surface area contributed by atoms with Gasteiger partial charge in [0.25, 0.3) is 0 Å². The summed E-state index contributed by atoms with van der Waals surface area (Å²) in [6, 6.07) is 8.66. The summed E-state index contributed by atoms with van der Waals surface area (Å²) in [5.41, 5.74) is 2.76. The third-order valence-corrected chi connectivity index (χ3v) is 4.27. The van der Waals surface area contributed by atoms with Crippen molar-refractivity contribution < 1.29 is 13.2 Å². The quantitative estimate of drug-likeness (QED) is 0.820. The minimum Gasteiger partial charge on any atom is -0.274 e. The van der Waals surface area contributed by atoms with E-state index < -0.39 is 15.9 Å². The van der Waals surface area contributed by atoms with Gasteiger partial charge < -0.3 is 0 Å². The van der Waals surface area contributed by atoms with E-state index in [1.807, 2.05) is 11.6 Å². The van der Waals surface area contributed by atoms with Crippen molar-refractivity contribution in [1.29, 1.82) is 0 Å². The van der Waals surface area contributed by atoms with Crippen molar-refractivity contribution in [3.8, 4) is 0 Å². The molecular formula is C16H27NO3S. The summed E-state index contributed by atoms with van der Waals surface area (Å²) < 4.78 is 23.9. The van der Waals surface area contributed by atoms with Crippen molar-refractivity contribution in [3.05, 3.63) is 35.4 Å². The van der Waals surface area contributed by atoms with Gasteiger partial charge in [-0.15, -0.1) is 0 Å². The van der Waals surface area contributed by atoms with Crippen LogP contribution in [0, 0.1) is 6.92 Å². The van der Waals surface area contributed by atoms with Gasteiger partial charge in [0.15, 0.2) is 0 Å². The Bertz CT molecular complexity index is 507. The lowest BCUT2D eigenvalue weighted by Gasteiger charge is -2.02. The standard InChI is InChI=1S/C9H12.C7H15NO3S/c1-3-9-6-4-8(2)5-7-9;1-3-4-5-6-12(10,11)8-7(2)9/h4-7H,3H2,1-2H3;3-6H2,1-2H3,(H,8,9). The monoisotopic (exact) mass is 313 g/mol. The maximum Gasteiger partial charge on any atom is 0.234 e. The molecule has 0 fully saturated rings. The molecule has 1 aromatic carbocycles. The minimum absolute atomic E-state index is 0.0421. The molecule has 1 aromatic rings. The fourth-order valence-electron chi connectivity index (χ4n) is 1.64. The van der Waals surface area contributed by atoms with Crippen molar-refractivity contribution in [2.24, 2.45) is 0 Å². The third-order valence-electron chi connectivity index (χ3n) is 2.84. The van der Waals surface area contributed by atoms with Gasteiger partial charge in [-0.3, -0.25) is 9.52 Å². The van der Waals surface area contributed by atoms with Gasteiger partial charge >= 0.3 is 0 Å². The van der Waals surface area contributed by atoms with Crippen LogP contribution in [0.4, 0.5) is 0 Å². The predicted octanol–water partition coefficient (Wildman–Crippen LogP) is 3.20. The lowest BCUT2D eigenvalue weighted by Crippen LogP contribution is -2.30. The van der Waals surface area contributed by atoms with E-state index in [1.54, 1.807) is 0 Å². The second kappa shape index (κ2) is 10.4. The summed E-state index contributed by atoms with van der Waals surface area (Å²) in [5, 5.41) is 0. The number of carbonyl (C=O) groups is 1. The summed E-state index contributed by atoms with van der Waals surface area (Å²) in [6.07, 6.45) is 3.59. The van der Waals surface area contributed by atoms with Crippen molar-refractivity contribution in [1.82, 2.24) is 4.72 Å². The van der Waals surface area contributed by atoms with Crippen LogP contribution in [0.1, 0.15) is 51.2 Å². The van der Waals surface area contributed by atoms with Crippen LogP contribution in [-0.2, 0) is 21.2 Å². The number of hydrogen-bond donors (Lipinski definition) is 1. The highest BCUT2D eigenvalue weighted by atomic mass is 32.2. The van der Waals surface area contributed by atoms with Gasteiger partial charge in [0.2, 0.25) is 15.9 Å². The van der Waals surface area contributed by atoms with Gasteiger partial charge in [-0.1, -0.05) is 56.5 Å². The van der Waals surface area contributed by atoms with E-state index in [2.05, 4.69) is 38.1 Å². The molecule has 0 spiro atoms. The molecule has 0 unspecified atom stereocenters. The van der Waals surface area contributed by atoms with Gasteiger partial charge in [-0.05, 0) is 25.3 Å². The SMILES string of the molecule is CCCCCS(=O)(=O)NC(C)=O.CCc1ccc(C)cc1. The van der Waals surface area contributed by atoms with Crippen LogP contribution < -0.4 is 4.72 Å². The fraction of sp³-hybridized carbons (Fsp3) is 0.562. The van der Waals surface area contributed by atoms with E-state index in [-0.39, 0.29) is 5.75 Å². The zero-order valence-electron chi connectivity index (χ0n) is 13.5. The van der Waals surface area contributed by atoms with Crippen LogP contribution in [-0.4, -0.2) is 20.1 Å². The first kappa shape index (κ1) is 19.6. The highest BCUT2D eigenvalue weighted by Gasteiger charge is 2.09. The molecular weight excluding hydrogens is 286 g/mol. The Balaban J connectivity index is 0.000000394. The molecule has 0 heterocycles. The summed E-state index contributed by atoms with van der Waals surface area (Å²) in [4.78, 5) is 10.4. The summed E-state index contributed by atoms with van der Waals surface area (Å²) >= 11 is 0. The first-order valence-electron chi connectivity index (χ1n) is 7.37. The van der Waals surface area contributed by atoms with Gasteiger partial charge in [0.1, 0.15) is 0 Å². The molecule has 21 heavy (non-hydrogen) atoms. The summed E-state index contributed by atoms with van der Waals surface area (Å²) in [7, 11) is -3.35. The molecule has 120 valence electrons. The number of rotatable bonds is 6. The molecule has 0 atom stereocenters. The number of nitrogens with one attached hydrogen (secondary N) is 1. The fourth-order valence-corrected chi connectivity index (χ4v) is 2.76. The number of aryl methyl sites for hydroxylation is 2. The van der Waals surface area contributed by atoms with Gasteiger partial charge in [-0.2, -0.15) is 0 Å². The number of sulfonamides is 1. The molecule has 1 rings (SSSR count). The Hall–Kier alpha value is -1.36. The highest BCUT2D eigenvalue weighted by Crippen LogP contribution is 2.02. The Labute approximate surface area is 129 Å². The number of benzene rings is 1. The number of carbonyl (C=O) groups excluding carboxylic acids is 1. The van der Waals surface area contributed by atoms with E-state index in [0.29, 0.717) is 6.42 Å². The Morgan fingerprint density at radius 3 is 2.10 bits per heavy atom. The molecule has 0 aromatic heterocycles. The van der Waals surface area contributed by atoms with Gasteiger partial charge in [0, 0.05) is 6.92 Å². The molecule has 0 saturated carbocycles. The van der Waals surface area contributed by atoms with E-state index in [9.17, 15) is 13.2 Å². The number of amides is 1. The van der Waals surface area contributed by atoms with Crippen LogP contribution in [0.25, 0.3) is 0 Å². The second-order valence-electron chi connectivity index (χ2n) is 5.02. The Morgan fingerprint density at radius 2 is 1.67 bits per heavy atom. The molecule has 0 saturated heterocycles. The molecule has 0 aliphatic carbocycles. The molecule has 5 heteroatoms. The topological polar surface area (TPSA) is 63.2 Å². The zero-order chi connectivity index (χ0) is 16.3. The number of unbranched alkanes of at least 4 members (excludes halogenated alkanes) is 2. The smallest absolute Gasteiger partial charge is 0.234 e. The molecule has 0 bridgehead atoms. The van der Waals surface area contributed by atoms with E-state index in [4.69, 9.17) is 0 Å². The van der Waals surface area contributed by atoms with E-state index in [1.165, 1.54) is 18.1 Å². The molecule has 0 radical (unpaired) electrons.